The van der Waals surface area contributed by atoms with E-state index in [0.717, 1.165) is 21.7 Å². The van der Waals surface area contributed by atoms with Gasteiger partial charge in [-0.2, -0.15) is 0 Å². The van der Waals surface area contributed by atoms with Crippen LogP contribution in [0.1, 0.15) is 16.1 Å². The molecule has 4 rings (SSSR count). The zero-order chi connectivity index (χ0) is 15.6. The van der Waals surface area contributed by atoms with Crippen molar-refractivity contribution in [2.24, 2.45) is 0 Å². The van der Waals surface area contributed by atoms with Gasteiger partial charge in [-0.3, -0.25) is 0 Å². The zero-order valence-corrected chi connectivity index (χ0v) is 12.4. The van der Waals surface area contributed by atoms with Gasteiger partial charge >= 0.3 is 5.97 Å². The molecule has 0 radical (unpaired) electrons. The number of hydrogen-bond acceptors (Lipinski definition) is 3. The Balaban J connectivity index is 1.57. The maximum atomic E-state index is 12.2. The van der Waals surface area contributed by atoms with Gasteiger partial charge in [0.05, 0.1) is 0 Å². The number of ether oxygens (including phenoxy) is 1. The van der Waals surface area contributed by atoms with E-state index < -0.39 is 5.97 Å². The zero-order valence-electron chi connectivity index (χ0n) is 12.4. The smallest absolute Gasteiger partial charge is 0.374 e. The van der Waals surface area contributed by atoms with Gasteiger partial charge in [-0.1, -0.05) is 60.7 Å². The molecule has 0 atom stereocenters. The second-order valence-electron chi connectivity index (χ2n) is 5.36. The van der Waals surface area contributed by atoms with Gasteiger partial charge < -0.3 is 9.15 Å². The molecule has 3 heteroatoms. The number of carbonyl (C=O) groups excluding carboxylic acids is 1. The van der Waals surface area contributed by atoms with Gasteiger partial charge in [-0.25, -0.2) is 4.79 Å². The standard InChI is InChI=1S/C20H14O3/c21-20(19-12-15-7-2-4-11-18(15)23-19)22-13-16-9-5-8-14-6-1-3-10-17(14)16/h1-12H,13H2. The fraction of sp³-hybridized carbons (Fsp3) is 0.0500. The molecule has 23 heavy (non-hydrogen) atoms. The lowest BCUT2D eigenvalue weighted by atomic mass is 10.1. The second-order valence-corrected chi connectivity index (χ2v) is 5.36. The Morgan fingerprint density at radius 2 is 1.61 bits per heavy atom. The molecule has 0 saturated heterocycles. The summed E-state index contributed by atoms with van der Waals surface area (Å²) in [6.07, 6.45) is 0. The summed E-state index contributed by atoms with van der Waals surface area (Å²) in [5, 5.41) is 3.11. The number of furan rings is 1. The quantitative estimate of drug-likeness (QED) is 0.503. The van der Waals surface area contributed by atoms with E-state index in [4.69, 9.17) is 9.15 Å². The molecule has 0 bridgehead atoms. The van der Waals surface area contributed by atoms with Gasteiger partial charge in [0.15, 0.2) is 0 Å². The topological polar surface area (TPSA) is 39.4 Å². The third-order valence-electron chi connectivity index (χ3n) is 3.87. The van der Waals surface area contributed by atoms with Gasteiger partial charge in [-0.15, -0.1) is 0 Å². The van der Waals surface area contributed by atoms with Crippen molar-refractivity contribution in [3.8, 4) is 0 Å². The summed E-state index contributed by atoms with van der Waals surface area (Å²) in [7, 11) is 0. The van der Waals surface area contributed by atoms with Crippen molar-refractivity contribution < 1.29 is 13.9 Å². The maximum Gasteiger partial charge on any atom is 0.374 e. The molecule has 4 aromatic rings. The molecule has 0 saturated carbocycles. The average molecular weight is 302 g/mol. The van der Waals surface area contributed by atoms with Crippen LogP contribution >= 0.6 is 0 Å². The van der Waals surface area contributed by atoms with E-state index in [0.29, 0.717) is 5.58 Å². The highest BCUT2D eigenvalue weighted by Crippen LogP contribution is 2.22. The van der Waals surface area contributed by atoms with Crippen molar-refractivity contribution in [3.63, 3.8) is 0 Å². The number of fused-ring (bicyclic) bond motifs is 2. The SMILES string of the molecule is O=C(OCc1cccc2ccccc12)c1cc2ccccc2o1. The fourth-order valence-electron chi connectivity index (χ4n) is 2.72. The highest BCUT2D eigenvalue weighted by atomic mass is 16.5. The maximum absolute atomic E-state index is 12.2. The normalized spacial score (nSPS) is 11.0. The molecule has 0 unspecified atom stereocenters. The van der Waals surface area contributed by atoms with E-state index in [1.165, 1.54) is 0 Å². The Kier molecular flexibility index (Phi) is 3.31. The minimum Gasteiger partial charge on any atom is -0.455 e. The minimum absolute atomic E-state index is 0.219. The highest BCUT2D eigenvalue weighted by Gasteiger charge is 2.14. The lowest BCUT2D eigenvalue weighted by molar-refractivity contribution is 0.0440. The van der Waals surface area contributed by atoms with Gasteiger partial charge in [0.1, 0.15) is 12.2 Å². The van der Waals surface area contributed by atoms with Crippen molar-refractivity contribution in [1.29, 1.82) is 0 Å². The van der Waals surface area contributed by atoms with Crippen LogP contribution in [0.5, 0.6) is 0 Å². The largest absolute Gasteiger partial charge is 0.455 e. The molecule has 112 valence electrons. The Hall–Kier alpha value is -3.07. The number of benzene rings is 3. The number of esters is 1. The number of rotatable bonds is 3. The third kappa shape index (κ3) is 2.57. The molecule has 0 aliphatic carbocycles. The number of para-hydroxylation sites is 1. The Morgan fingerprint density at radius 1 is 0.870 bits per heavy atom. The molecule has 0 aliphatic rings. The summed E-state index contributed by atoms with van der Waals surface area (Å²) in [5.41, 5.74) is 1.66. The van der Waals surface area contributed by atoms with E-state index in [9.17, 15) is 4.79 Å². The summed E-state index contributed by atoms with van der Waals surface area (Å²) >= 11 is 0. The molecule has 1 aromatic heterocycles. The van der Waals surface area contributed by atoms with Crippen LogP contribution < -0.4 is 0 Å². The molecule has 0 amide bonds. The first-order valence-corrected chi connectivity index (χ1v) is 7.43. The number of hydrogen-bond donors (Lipinski definition) is 0. The van der Waals surface area contributed by atoms with Crippen LogP contribution in [0.15, 0.2) is 77.2 Å². The van der Waals surface area contributed by atoms with Gasteiger partial charge in [0.25, 0.3) is 0 Å². The molecule has 0 aliphatic heterocycles. The number of carbonyl (C=O) groups is 1. The summed E-state index contributed by atoms with van der Waals surface area (Å²) in [6, 6.07) is 23.2. The summed E-state index contributed by atoms with van der Waals surface area (Å²) < 4.78 is 11.0. The third-order valence-corrected chi connectivity index (χ3v) is 3.87. The summed E-state index contributed by atoms with van der Waals surface area (Å²) in [4.78, 5) is 12.2. The van der Waals surface area contributed by atoms with E-state index in [1.807, 2.05) is 66.7 Å². The first kappa shape index (κ1) is 13.6. The predicted molar refractivity (Wildman–Crippen MR) is 89.3 cm³/mol. The molecule has 0 fully saturated rings. The first-order valence-electron chi connectivity index (χ1n) is 7.43. The molecule has 0 N–H and O–H groups in total. The van der Waals surface area contributed by atoms with Crippen molar-refractivity contribution in [3.05, 3.63) is 84.1 Å². The predicted octanol–water partition coefficient (Wildman–Crippen LogP) is 4.94. The van der Waals surface area contributed by atoms with Gasteiger partial charge in [0, 0.05) is 5.39 Å². The summed E-state index contributed by atoms with van der Waals surface area (Å²) in [6.45, 7) is 0.219. The average Bonchev–Trinajstić information content (AvgIpc) is 3.04. The summed E-state index contributed by atoms with van der Waals surface area (Å²) in [5.74, 6) is -0.222. The monoisotopic (exact) mass is 302 g/mol. The second kappa shape index (κ2) is 5.61. The van der Waals surface area contributed by atoms with Crippen molar-refractivity contribution in [2.45, 2.75) is 6.61 Å². The van der Waals surface area contributed by atoms with Gasteiger partial charge in [0.2, 0.25) is 5.76 Å². The Labute approximate surface area is 133 Å². The van der Waals surface area contributed by atoms with Crippen LogP contribution in [0, 0.1) is 0 Å². The van der Waals surface area contributed by atoms with E-state index in [2.05, 4.69) is 0 Å². The van der Waals surface area contributed by atoms with E-state index >= 15 is 0 Å². The fourth-order valence-corrected chi connectivity index (χ4v) is 2.72. The first-order chi connectivity index (χ1) is 11.3. The van der Waals surface area contributed by atoms with Crippen LogP contribution in [-0.4, -0.2) is 5.97 Å². The molecule has 3 nitrogen and oxygen atoms in total. The van der Waals surface area contributed by atoms with Crippen molar-refractivity contribution in [2.75, 3.05) is 0 Å². The van der Waals surface area contributed by atoms with Crippen molar-refractivity contribution in [1.82, 2.24) is 0 Å². The Morgan fingerprint density at radius 3 is 2.48 bits per heavy atom. The van der Waals surface area contributed by atoms with Crippen LogP contribution in [0.4, 0.5) is 0 Å². The minimum atomic E-state index is -0.450. The van der Waals surface area contributed by atoms with Crippen LogP contribution in [0.3, 0.4) is 0 Å². The molecular weight excluding hydrogens is 288 g/mol. The molecule has 3 aromatic carbocycles. The highest BCUT2D eigenvalue weighted by molar-refractivity contribution is 5.92. The van der Waals surface area contributed by atoms with Crippen LogP contribution in [0.2, 0.25) is 0 Å². The Bertz CT molecular complexity index is 960. The van der Waals surface area contributed by atoms with E-state index in [-0.39, 0.29) is 12.4 Å². The van der Waals surface area contributed by atoms with Crippen LogP contribution in [-0.2, 0) is 11.3 Å². The van der Waals surface area contributed by atoms with Crippen LogP contribution in [0.25, 0.3) is 21.7 Å². The molecular formula is C20H14O3. The van der Waals surface area contributed by atoms with Gasteiger partial charge in [-0.05, 0) is 28.5 Å². The van der Waals surface area contributed by atoms with Crippen molar-refractivity contribution >= 4 is 27.7 Å². The van der Waals surface area contributed by atoms with E-state index in [1.54, 1.807) is 6.07 Å². The molecule has 0 spiro atoms. The lowest BCUT2D eigenvalue weighted by Crippen LogP contribution is -2.04. The molecule has 1 heterocycles. The lowest BCUT2D eigenvalue weighted by Gasteiger charge is -2.07.